The summed E-state index contributed by atoms with van der Waals surface area (Å²) < 4.78 is 0. The van der Waals surface area contributed by atoms with Crippen molar-refractivity contribution < 1.29 is 10.0 Å². The molecule has 0 fully saturated rings. The van der Waals surface area contributed by atoms with Crippen LogP contribution in [-0.4, -0.2) is 21.9 Å². The number of benzene rings is 1. The number of aromatic nitrogens is 1. The van der Waals surface area contributed by atoms with Crippen LogP contribution in [0.1, 0.15) is 20.2 Å². The summed E-state index contributed by atoms with van der Waals surface area (Å²) in [5.41, 5.74) is 6.33. The van der Waals surface area contributed by atoms with Crippen molar-refractivity contribution in [2.75, 3.05) is 5.32 Å². The second-order valence-corrected chi connectivity index (χ2v) is 5.52. The molecule has 4 N–H and O–H groups in total. The predicted octanol–water partition coefficient (Wildman–Crippen LogP) is 2.45. The van der Waals surface area contributed by atoms with Gasteiger partial charge in [-0.3, -0.25) is 4.79 Å². The smallest absolute Gasteiger partial charge is 0.267 e. The number of hydrogen-bond donors (Lipinski definition) is 3. The molecule has 2 aromatic rings. The van der Waals surface area contributed by atoms with E-state index in [1.807, 2.05) is 6.92 Å². The summed E-state index contributed by atoms with van der Waals surface area (Å²) in [6.45, 7) is 1.81. The van der Waals surface area contributed by atoms with Gasteiger partial charge in [0.1, 0.15) is 4.88 Å². The summed E-state index contributed by atoms with van der Waals surface area (Å²) in [6.07, 6.45) is 1.50. The van der Waals surface area contributed by atoms with Gasteiger partial charge >= 0.3 is 0 Å². The number of carbonyl (C=O) groups excluding carboxylic acids is 1. The van der Waals surface area contributed by atoms with E-state index in [1.54, 1.807) is 12.1 Å². The highest BCUT2D eigenvalue weighted by Gasteiger charge is 2.12. The summed E-state index contributed by atoms with van der Waals surface area (Å²) in [7, 11) is 0. The standard InChI is InChI=1S/C12H11ClN4O2S/c1-6-15-5-10(20-6)12(18)16-9-4-7(11(14)17-19)2-3-8(9)13/h2-5,19H,1H3,(H2,14,17)(H,16,18). The molecule has 1 amide bonds. The Balaban J connectivity index is 2.26. The van der Waals surface area contributed by atoms with Gasteiger partial charge in [0.05, 0.1) is 21.9 Å². The van der Waals surface area contributed by atoms with Gasteiger partial charge in [0.15, 0.2) is 5.84 Å². The lowest BCUT2D eigenvalue weighted by Gasteiger charge is -2.08. The van der Waals surface area contributed by atoms with Crippen molar-refractivity contribution in [3.8, 4) is 0 Å². The Hall–Kier alpha value is -2.12. The average molecular weight is 311 g/mol. The fourth-order valence-corrected chi connectivity index (χ4v) is 2.33. The molecule has 0 radical (unpaired) electrons. The highest BCUT2D eigenvalue weighted by Crippen LogP contribution is 2.24. The third-order valence-electron chi connectivity index (χ3n) is 2.46. The number of thiazole rings is 1. The number of nitrogens with one attached hydrogen (secondary N) is 1. The van der Waals surface area contributed by atoms with Crippen molar-refractivity contribution in [3.63, 3.8) is 0 Å². The zero-order chi connectivity index (χ0) is 14.7. The number of amides is 1. The van der Waals surface area contributed by atoms with E-state index in [0.717, 1.165) is 5.01 Å². The van der Waals surface area contributed by atoms with E-state index < -0.39 is 0 Å². The molecule has 0 spiro atoms. The summed E-state index contributed by atoms with van der Waals surface area (Å²) in [5, 5.41) is 15.4. The number of oxime groups is 1. The van der Waals surface area contributed by atoms with Gasteiger partial charge in [-0.25, -0.2) is 4.98 Å². The summed E-state index contributed by atoms with van der Waals surface area (Å²) in [6, 6.07) is 4.68. The number of halogens is 1. The van der Waals surface area contributed by atoms with E-state index in [0.29, 0.717) is 21.2 Å². The number of carbonyl (C=O) groups is 1. The number of nitrogens with two attached hydrogens (primary N) is 1. The maximum absolute atomic E-state index is 12.0. The molecule has 0 aliphatic rings. The van der Waals surface area contributed by atoms with Crippen LogP contribution >= 0.6 is 22.9 Å². The molecule has 0 bridgehead atoms. The van der Waals surface area contributed by atoms with E-state index >= 15 is 0 Å². The molecule has 20 heavy (non-hydrogen) atoms. The van der Waals surface area contributed by atoms with Gasteiger partial charge in [0.2, 0.25) is 0 Å². The van der Waals surface area contributed by atoms with E-state index in [1.165, 1.54) is 23.6 Å². The monoisotopic (exact) mass is 310 g/mol. The van der Waals surface area contributed by atoms with Crippen LogP contribution in [0.3, 0.4) is 0 Å². The molecule has 1 aromatic heterocycles. The number of nitrogens with zero attached hydrogens (tertiary/aromatic N) is 2. The minimum absolute atomic E-state index is 0.0641. The highest BCUT2D eigenvalue weighted by molar-refractivity contribution is 7.13. The van der Waals surface area contributed by atoms with Gasteiger partial charge in [-0.15, -0.1) is 11.3 Å². The Morgan fingerprint density at radius 3 is 2.90 bits per heavy atom. The zero-order valence-electron chi connectivity index (χ0n) is 10.4. The molecule has 6 nitrogen and oxygen atoms in total. The molecular formula is C12H11ClN4O2S. The number of anilines is 1. The van der Waals surface area contributed by atoms with Gasteiger partial charge in [-0.1, -0.05) is 16.8 Å². The van der Waals surface area contributed by atoms with Crippen molar-refractivity contribution in [2.24, 2.45) is 10.9 Å². The Kier molecular flexibility index (Phi) is 4.21. The van der Waals surface area contributed by atoms with Crippen molar-refractivity contribution in [2.45, 2.75) is 6.92 Å². The van der Waals surface area contributed by atoms with Gasteiger partial charge in [0.25, 0.3) is 5.91 Å². The van der Waals surface area contributed by atoms with E-state index in [9.17, 15) is 4.79 Å². The first kappa shape index (κ1) is 14.3. The molecule has 0 atom stereocenters. The fourth-order valence-electron chi connectivity index (χ4n) is 1.49. The minimum Gasteiger partial charge on any atom is -0.409 e. The first-order valence-corrected chi connectivity index (χ1v) is 6.72. The van der Waals surface area contributed by atoms with Crippen LogP contribution in [-0.2, 0) is 0 Å². The Labute approximate surface area is 123 Å². The predicted molar refractivity (Wildman–Crippen MR) is 78.8 cm³/mol. The Bertz CT molecular complexity index is 684. The quantitative estimate of drug-likeness (QED) is 0.351. The van der Waals surface area contributed by atoms with Crippen molar-refractivity contribution >= 4 is 40.4 Å². The maximum Gasteiger partial charge on any atom is 0.267 e. The van der Waals surface area contributed by atoms with Gasteiger partial charge in [-0.2, -0.15) is 0 Å². The summed E-state index contributed by atoms with van der Waals surface area (Å²) in [5.74, 6) is -0.375. The fraction of sp³-hybridized carbons (Fsp3) is 0.0833. The number of rotatable bonds is 3. The molecule has 1 heterocycles. The lowest BCUT2D eigenvalue weighted by atomic mass is 10.2. The maximum atomic E-state index is 12.0. The highest BCUT2D eigenvalue weighted by atomic mass is 35.5. The molecule has 0 saturated carbocycles. The molecule has 0 aliphatic carbocycles. The Morgan fingerprint density at radius 1 is 1.55 bits per heavy atom. The van der Waals surface area contributed by atoms with E-state index in [4.69, 9.17) is 22.5 Å². The molecule has 104 valence electrons. The van der Waals surface area contributed by atoms with E-state index in [2.05, 4.69) is 15.5 Å². The van der Waals surface area contributed by atoms with Gasteiger partial charge in [0, 0.05) is 5.56 Å². The molecule has 8 heteroatoms. The molecule has 0 unspecified atom stereocenters. The lowest BCUT2D eigenvalue weighted by Crippen LogP contribution is -2.15. The minimum atomic E-state index is -0.311. The summed E-state index contributed by atoms with van der Waals surface area (Å²) >= 11 is 7.29. The van der Waals surface area contributed by atoms with E-state index in [-0.39, 0.29) is 11.7 Å². The normalized spacial score (nSPS) is 11.4. The average Bonchev–Trinajstić information content (AvgIpc) is 2.87. The van der Waals surface area contributed by atoms with Crippen LogP contribution in [0.4, 0.5) is 5.69 Å². The topological polar surface area (TPSA) is 101 Å². The second-order valence-electron chi connectivity index (χ2n) is 3.88. The van der Waals surface area contributed by atoms with Crippen LogP contribution in [0.15, 0.2) is 29.6 Å². The third kappa shape index (κ3) is 3.06. The molecule has 0 saturated heterocycles. The molecule has 2 rings (SSSR count). The SMILES string of the molecule is Cc1ncc(C(=O)Nc2cc(/C(N)=N/O)ccc2Cl)s1. The van der Waals surface area contributed by atoms with Crippen molar-refractivity contribution in [3.05, 3.63) is 44.9 Å². The van der Waals surface area contributed by atoms with Crippen LogP contribution in [0.25, 0.3) is 0 Å². The van der Waals surface area contributed by atoms with Crippen molar-refractivity contribution in [1.29, 1.82) is 0 Å². The number of aryl methyl sites for hydroxylation is 1. The molecule has 1 aromatic carbocycles. The Morgan fingerprint density at radius 2 is 2.30 bits per heavy atom. The first-order valence-electron chi connectivity index (χ1n) is 5.52. The van der Waals surface area contributed by atoms with Crippen LogP contribution in [0.5, 0.6) is 0 Å². The second kappa shape index (κ2) is 5.89. The van der Waals surface area contributed by atoms with Crippen molar-refractivity contribution in [1.82, 2.24) is 4.98 Å². The van der Waals surface area contributed by atoms with Crippen LogP contribution < -0.4 is 11.1 Å². The van der Waals surface area contributed by atoms with Gasteiger partial charge < -0.3 is 16.3 Å². The zero-order valence-corrected chi connectivity index (χ0v) is 12.0. The lowest BCUT2D eigenvalue weighted by molar-refractivity contribution is 0.103. The largest absolute Gasteiger partial charge is 0.409 e. The van der Waals surface area contributed by atoms with Gasteiger partial charge in [-0.05, 0) is 25.1 Å². The molecular weight excluding hydrogens is 300 g/mol. The summed E-state index contributed by atoms with van der Waals surface area (Å²) in [4.78, 5) is 16.5. The van der Waals surface area contributed by atoms with Crippen LogP contribution in [0.2, 0.25) is 5.02 Å². The molecule has 0 aliphatic heterocycles. The first-order chi connectivity index (χ1) is 9.51. The number of amidine groups is 1. The van der Waals surface area contributed by atoms with Crippen LogP contribution in [0, 0.1) is 6.92 Å². The third-order valence-corrected chi connectivity index (χ3v) is 3.70. The number of hydrogen-bond acceptors (Lipinski definition) is 5.